The molecule has 4 rings (SSSR count). The van der Waals surface area contributed by atoms with E-state index in [1.54, 1.807) is 42.9 Å². The van der Waals surface area contributed by atoms with Gasteiger partial charge in [0.05, 0.1) is 17.1 Å². The van der Waals surface area contributed by atoms with Crippen LogP contribution >= 0.6 is 0 Å². The van der Waals surface area contributed by atoms with Gasteiger partial charge in [0.25, 0.3) is 0 Å². The SMILES string of the molecule is O=C(NCCc1cnc[nH]1)C1CC2C(=O)NCCCCCCN(S(=O)(=O)c3ccccc3)C2C1. The van der Waals surface area contributed by atoms with Crippen molar-refractivity contribution in [1.29, 1.82) is 0 Å². The van der Waals surface area contributed by atoms with E-state index in [0.29, 0.717) is 38.9 Å². The van der Waals surface area contributed by atoms with Crippen LogP contribution in [0.3, 0.4) is 0 Å². The summed E-state index contributed by atoms with van der Waals surface area (Å²) in [6.07, 6.45) is 8.04. The second kappa shape index (κ2) is 11.1. The minimum absolute atomic E-state index is 0.135. The second-order valence-electron chi connectivity index (χ2n) is 9.09. The number of imidazole rings is 1. The molecule has 0 bridgehead atoms. The lowest BCUT2D eigenvalue weighted by Gasteiger charge is -2.31. The molecular weight excluding hydrogens is 454 g/mol. The average Bonchev–Trinajstić information content (AvgIpc) is 3.51. The summed E-state index contributed by atoms with van der Waals surface area (Å²) in [4.78, 5) is 33.3. The molecule has 184 valence electrons. The van der Waals surface area contributed by atoms with E-state index in [2.05, 4.69) is 20.6 Å². The van der Waals surface area contributed by atoms with Crippen LogP contribution in [-0.2, 0) is 26.0 Å². The number of sulfonamides is 1. The summed E-state index contributed by atoms with van der Waals surface area (Å²) in [6, 6.07) is 7.81. The number of hydrogen-bond acceptors (Lipinski definition) is 5. The van der Waals surface area contributed by atoms with Gasteiger partial charge >= 0.3 is 0 Å². The van der Waals surface area contributed by atoms with E-state index in [4.69, 9.17) is 0 Å². The molecular formula is C24H33N5O4S. The monoisotopic (exact) mass is 487 g/mol. The number of nitrogens with one attached hydrogen (secondary N) is 3. The normalized spacial score (nSPS) is 24.6. The van der Waals surface area contributed by atoms with Crippen LogP contribution in [0.1, 0.15) is 44.2 Å². The Balaban J connectivity index is 1.54. The first kappa shape index (κ1) is 24.4. The van der Waals surface area contributed by atoms with Crippen LogP contribution in [0, 0.1) is 11.8 Å². The number of hydrogen-bond donors (Lipinski definition) is 3. The minimum Gasteiger partial charge on any atom is -0.356 e. The number of nitrogens with zero attached hydrogens (tertiary/aromatic N) is 2. The summed E-state index contributed by atoms with van der Waals surface area (Å²) in [5, 5.41) is 5.93. The van der Waals surface area contributed by atoms with Crippen LogP contribution in [0.25, 0.3) is 0 Å². The van der Waals surface area contributed by atoms with E-state index >= 15 is 0 Å². The smallest absolute Gasteiger partial charge is 0.243 e. The molecule has 1 aliphatic carbocycles. The molecule has 0 radical (unpaired) electrons. The molecule has 3 atom stereocenters. The van der Waals surface area contributed by atoms with Crippen LogP contribution in [0.2, 0.25) is 0 Å². The van der Waals surface area contributed by atoms with Crippen molar-refractivity contribution in [3.05, 3.63) is 48.5 Å². The molecule has 1 aromatic heterocycles. The van der Waals surface area contributed by atoms with Crippen molar-refractivity contribution in [2.45, 2.75) is 55.9 Å². The maximum absolute atomic E-state index is 13.6. The third kappa shape index (κ3) is 5.67. The molecule has 2 amide bonds. The Labute approximate surface area is 200 Å². The van der Waals surface area contributed by atoms with Crippen LogP contribution in [0.5, 0.6) is 0 Å². The highest BCUT2D eigenvalue weighted by atomic mass is 32.2. The number of amides is 2. The molecule has 10 heteroatoms. The fourth-order valence-electron chi connectivity index (χ4n) is 5.00. The molecule has 34 heavy (non-hydrogen) atoms. The number of rotatable bonds is 6. The Hall–Kier alpha value is -2.72. The number of carbonyl (C=O) groups excluding carboxylic acids is 2. The predicted molar refractivity (Wildman–Crippen MR) is 127 cm³/mol. The zero-order valence-electron chi connectivity index (χ0n) is 19.3. The summed E-state index contributed by atoms with van der Waals surface area (Å²) in [5.74, 6) is -1.27. The third-order valence-electron chi connectivity index (χ3n) is 6.81. The van der Waals surface area contributed by atoms with Crippen LogP contribution < -0.4 is 10.6 Å². The van der Waals surface area contributed by atoms with Crippen LogP contribution in [-0.4, -0.2) is 60.2 Å². The van der Waals surface area contributed by atoms with Crippen molar-refractivity contribution in [3.8, 4) is 0 Å². The van der Waals surface area contributed by atoms with Crippen molar-refractivity contribution in [2.75, 3.05) is 19.6 Å². The molecule has 3 N–H and O–H groups in total. The zero-order valence-corrected chi connectivity index (χ0v) is 20.1. The van der Waals surface area contributed by atoms with Crippen molar-refractivity contribution in [2.24, 2.45) is 11.8 Å². The molecule has 2 aromatic rings. The maximum atomic E-state index is 13.6. The van der Waals surface area contributed by atoms with Gasteiger partial charge in [-0.15, -0.1) is 0 Å². The van der Waals surface area contributed by atoms with Gasteiger partial charge < -0.3 is 15.6 Å². The molecule has 2 aliphatic rings. The van der Waals surface area contributed by atoms with E-state index in [-0.39, 0.29) is 16.7 Å². The van der Waals surface area contributed by atoms with Gasteiger partial charge in [-0.25, -0.2) is 13.4 Å². The highest BCUT2D eigenvalue weighted by molar-refractivity contribution is 7.89. The lowest BCUT2D eigenvalue weighted by Crippen LogP contribution is -2.47. The van der Waals surface area contributed by atoms with Crippen molar-refractivity contribution in [3.63, 3.8) is 0 Å². The number of fused-ring (bicyclic) bond motifs is 1. The Bertz CT molecular complexity index is 1060. The number of aromatic nitrogens is 2. The number of H-pyrrole nitrogens is 1. The van der Waals surface area contributed by atoms with Gasteiger partial charge in [-0.3, -0.25) is 9.59 Å². The van der Waals surface area contributed by atoms with Gasteiger partial charge in [-0.05, 0) is 37.8 Å². The van der Waals surface area contributed by atoms with E-state index in [1.165, 1.54) is 4.31 Å². The van der Waals surface area contributed by atoms with Gasteiger partial charge in [0.15, 0.2) is 0 Å². The van der Waals surface area contributed by atoms with Gasteiger partial charge in [-0.2, -0.15) is 4.31 Å². The molecule has 3 unspecified atom stereocenters. The number of carbonyl (C=O) groups is 2. The van der Waals surface area contributed by atoms with E-state index in [1.807, 2.05) is 0 Å². The lowest BCUT2D eigenvalue weighted by atomic mass is 10.0. The van der Waals surface area contributed by atoms with Gasteiger partial charge in [0, 0.05) is 49.9 Å². The fourth-order valence-corrected chi connectivity index (χ4v) is 6.73. The lowest BCUT2D eigenvalue weighted by molar-refractivity contribution is -0.126. The van der Waals surface area contributed by atoms with E-state index in [9.17, 15) is 18.0 Å². The molecule has 1 aromatic carbocycles. The van der Waals surface area contributed by atoms with Gasteiger partial charge in [0.1, 0.15) is 0 Å². The van der Waals surface area contributed by atoms with Crippen molar-refractivity contribution in [1.82, 2.24) is 24.9 Å². The molecule has 1 saturated carbocycles. The summed E-state index contributed by atoms with van der Waals surface area (Å²) in [6.45, 7) is 1.37. The number of benzene rings is 1. The third-order valence-corrected chi connectivity index (χ3v) is 8.75. The van der Waals surface area contributed by atoms with E-state index < -0.39 is 27.9 Å². The predicted octanol–water partition coefficient (Wildman–Crippen LogP) is 1.84. The molecule has 2 fully saturated rings. The Morgan fingerprint density at radius 3 is 2.68 bits per heavy atom. The van der Waals surface area contributed by atoms with E-state index in [0.717, 1.165) is 31.4 Å². The Morgan fingerprint density at radius 1 is 1.12 bits per heavy atom. The molecule has 1 aliphatic heterocycles. The highest BCUT2D eigenvalue weighted by Crippen LogP contribution is 2.38. The summed E-state index contributed by atoms with van der Waals surface area (Å²) in [7, 11) is -3.80. The zero-order chi connectivity index (χ0) is 24.0. The molecule has 9 nitrogen and oxygen atoms in total. The highest BCUT2D eigenvalue weighted by Gasteiger charge is 2.47. The first-order valence-corrected chi connectivity index (χ1v) is 13.5. The first-order chi connectivity index (χ1) is 16.5. The first-order valence-electron chi connectivity index (χ1n) is 12.1. The summed E-state index contributed by atoms with van der Waals surface area (Å²) < 4.78 is 28.8. The summed E-state index contributed by atoms with van der Waals surface area (Å²) >= 11 is 0. The topological polar surface area (TPSA) is 124 Å². The quantitative estimate of drug-likeness (QED) is 0.574. The van der Waals surface area contributed by atoms with Crippen molar-refractivity contribution < 1.29 is 18.0 Å². The molecule has 1 saturated heterocycles. The van der Waals surface area contributed by atoms with Gasteiger partial charge in [0.2, 0.25) is 21.8 Å². The fraction of sp³-hybridized carbons (Fsp3) is 0.542. The summed E-state index contributed by atoms with van der Waals surface area (Å²) in [5.41, 5.74) is 0.927. The Morgan fingerprint density at radius 2 is 1.91 bits per heavy atom. The second-order valence-corrected chi connectivity index (χ2v) is 11.0. The minimum atomic E-state index is -3.80. The van der Waals surface area contributed by atoms with Gasteiger partial charge in [-0.1, -0.05) is 31.0 Å². The van der Waals surface area contributed by atoms with Crippen LogP contribution in [0.4, 0.5) is 0 Å². The molecule has 2 heterocycles. The largest absolute Gasteiger partial charge is 0.356 e. The number of aromatic amines is 1. The molecule has 0 spiro atoms. The average molecular weight is 488 g/mol. The van der Waals surface area contributed by atoms with Crippen molar-refractivity contribution >= 4 is 21.8 Å². The Kier molecular flexibility index (Phi) is 7.99. The maximum Gasteiger partial charge on any atom is 0.243 e. The van der Waals surface area contributed by atoms with Crippen LogP contribution in [0.15, 0.2) is 47.8 Å². The standard InChI is InChI=1S/C24H33N5O4S/c30-23(27-12-10-19-16-25-17-28-19)18-14-21-22(15-18)29(13-7-2-1-6-11-26-24(21)31)34(32,33)20-8-4-3-5-9-20/h3-5,8-9,16-18,21-22H,1-2,6-7,10-15H2,(H,25,28)(H,26,31)(H,27,30).